The van der Waals surface area contributed by atoms with Crippen LogP contribution in [0.3, 0.4) is 0 Å². The van der Waals surface area contributed by atoms with Gasteiger partial charge in [0.05, 0.1) is 32.9 Å². The highest BCUT2D eigenvalue weighted by Crippen LogP contribution is 2.42. The summed E-state index contributed by atoms with van der Waals surface area (Å²) in [4.78, 5) is 17.8. The average molecular weight is 545 g/mol. The van der Waals surface area contributed by atoms with E-state index >= 15 is 0 Å². The van der Waals surface area contributed by atoms with Crippen LogP contribution in [0.15, 0.2) is 84.0 Å². The lowest BCUT2D eigenvalue weighted by Crippen LogP contribution is -2.44. The molecule has 210 valence electrons. The Morgan fingerprint density at radius 1 is 0.900 bits per heavy atom. The first kappa shape index (κ1) is 28.8. The largest absolute Gasteiger partial charge is 0.497 e. The number of nitrogens with zero attached hydrogens (tertiary/aromatic N) is 4. The van der Waals surface area contributed by atoms with E-state index in [1.54, 1.807) is 19.1 Å². The van der Waals surface area contributed by atoms with Crippen LogP contribution in [0.2, 0.25) is 0 Å². The van der Waals surface area contributed by atoms with Crippen LogP contribution in [-0.4, -0.2) is 56.0 Å². The normalized spacial score (nSPS) is 17.2. The molecule has 2 atom stereocenters. The van der Waals surface area contributed by atoms with E-state index in [1.165, 1.54) is 0 Å². The van der Waals surface area contributed by atoms with Gasteiger partial charge in [0.15, 0.2) is 0 Å². The second-order valence-electron chi connectivity index (χ2n) is 10.7. The van der Waals surface area contributed by atoms with Crippen LogP contribution in [0.4, 0.5) is 4.79 Å². The van der Waals surface area contributed by atoms with Gasteiger partial charge in [-0.25, -0.2) is 4.79 Å². The Labute approximate surface area is 235 Å². The van der Waals surface area contributed by atoms with Crippen molar-refractivity contribution < 1.29 is 23.7 Å². The number of likely N-dealkylation sites (tertiary alicyclic amines) is 1. The maximum atomic E-state index is 13.2. The Morgan fingerprint density at radius 2 is 1.43 bits per heavy atom. The first-order valence-corrected chi connectivity index (χ1v) is 13.2. The zero-order valence-electron chi connectivity index (χ0n) is 23.6. The fourth-order valence-electron chi connectivity index (χ4n) is 5.05. The van der Waals surface area contributed by atoms with E-state index in [1.807, 2.05) is 99.6 Å². The van der Waals surface area contributed by atoms with Gasteiger partial charge in [-0.05, 0) is 73.7 Å². The van der Waals surface area contributed by atoms with Gasteiger partial charge in [-0.3, -0.25) is 0 Å². The van der Waals surface area contributed by atoms with Gasteiger partial charge in [0.1, 0.15) is 22.7 Å². The van der Waals surface area contributed by atoms with Crippen LogP contribution in [0.5, 0.6) is 11.5 Å². The third-order valence-corrected chi connectivity index (χ3v) is 6.90. The predicted molar refractivity (Wildman–Crippen MR) is 153 cm³/mol. The minimum Gasteiger partial charge on any atom is -0.497 e. The highest BCUT2D eigenvalue weighted by atomic mass is 16.6. The minimum absolute atomic E-state index is 0.170. The average Bonchev–Trinajstić information content (AvgIpc) is 3.37. The molecule has 3 aromatic rings. The summed E-state index contributed by atoms with van der Waals surface area (Å²) in [5.41, 5.74) is 10.1. The molecule has 9 nitrogen and oxygen atoms in total. The Bertz CT molecular complexity index is 1270. The van der Waals surface area contributed by atoms with Gasteiger partial charge < -0.3 is 23.8 Å². The van der Waals surface area contributed by atoms with E-state index in [0.717, 1.165) is 28.2 Å². The second-order valence-corrected chi connectivity index (χ2v) is 10.7. The third kappa shape index (κ3) is 6.33. The molecule has 1 heterocycles. The topological polar surface area (TPSA) is 106 Å². The predicted octanol–water partition coefficient (Wildman–Crippen LogP) is 6.70. The fourth-order valence-corrected chi connectivity index (χ4v) is 5.05. The number of carbonyl (C=O) groups is 1. The Balaban J connectivity index is 1.79. The summed E-state index contributed by atoms with van der Waals surface area (Å²) in [6.07, 6.45) is -0.00435. The summed E-state index contributed by atoms with van der Waals surface area (Å²) in [5.74, 6) is 1.45. The Kier molecular flexibility index (Phi) is 8.87. The van der Waals surface area contributed by atoms with Crippen molar-refractivity contribution in [2.45, 2.75) is 50.5 Å². The molecule has 0 saturated carbocycles. The molecule has 0 spiro atoms. The van der Waals surface area contributed by atoms with Crippen LogP contribution in [-0.2, 0) is 15.1 Å². The molecule has 9 heteroatoms. The van der Waals surface area contributed by atoms with Gasteiger partial charge in [0, 0.05) is 11.5 Å². The van der Waals surface area contributed by atoms with Crippen LogP contribution in [0.25, 0.3) is 10.4 Å². The third-order valence-electron chi connectivity index (χ3n) is 6.90. The number of carbonyl (C=O) groups excluding carboxylic acids is 1. The first-order valence-electron chi connectivity index (χ1n) is 13.2. The number of ether oxygens (including phenoxy) is 4. The first-order chi connectivity index (χ1) is 19.2. The van der Waals surface area contributed by atoms with E-state index < -0.39 is 17.3 Å². The molecule has 0 bridgehead atoms. The van der Waals surface area contributed by atoms with Crippen LogP contribution < -0.4 is 9.47 Å². The van der Waals surface area contributed by atoms with Gasteiger partial charge in [-0.15, -0.1) is 0 Å². The van der Waals surface area contributed by atoms with Crippen molar-refractivity contribution in [2.75, 3.05) is 27.4 Å². The Morgan fingerprint density at radius 3 is 1.90 bits per heavy atom. The van der Waals surface area contributed by atoms with Crippen molar-refractivity contribution in [1.29, 1.82) is 0 Å². The number of rotatable bonds is 9. The summed E-state index contributed by atoms with van der Waals surface area (Å²) in [6, 6.07) is 24.8. The van der Waals surface area contributed by atoms with Gasteiger partial charge in [-0.2, -0.15) is 0 Å². The van der Waals surface area contributed by atoms with Crippen molar-refractivity contribution in [3.8, 4) is 11.5 Å². The summed E-state index contributed by atoms with van der Waals surface area (Å²) < 4.78 is 23.5. The molecule has 1 aliphatic rings. The molecular weight excluding hydrogens is 508 g/mol. The zero-order valence-corrected chi connectivity index (χ0v) is 23.6. The molecule has 1 fully saturated rings. The molecular formula is C31H36N4O5. The summed E-state index contributed by atoms with van der Waals surface area (Å²) in [6.45, 7) is 5.90. The molecule has 2 unspecified atom stereocenters. The standard InChI is InChI=1S/C31H36N4O5/c1-30(2,3)40-29(36)35-20-25(33-34-32)19-26(35)21-39-31(22-9-7-6-8-10-22,23-11-15-27(37-4)16-12-23)24-13-17-28(38-5)18-14-24/h6-18,25-26H,19-21H2,1-5H3. The van der Waals surface area contributed by atoms with Crippen molar-refractivity contribution in [1.82, 2.24) is 4.90 Å². The molecule has 1 amide bonds. The van der Waals surface area contributed by atoms with Crippen LogP contribution >= 0.6 is 0 Å². The Hall–Kier alpha value is -4.20. The SMILES string of the molecule is COc1ccc(C(OCC2CC(N=[N+]=[N-])CN2C(=O)OC(C)(C)C)(c2ccccc2)c2ccc(OC)cc2)cc1. The monoisotopic (exact) mass is 544 g/mol. The summed E-state index contributed by atoms with van der Waals surface area (Å²) in [5, 5.41) is 3.91. The van der Waals surface area contributed by atoms with E-state index in [9.17, 15) is 4.79 Å². The lowest BCUT2D eigenvalue weighted by molar-refractivity contribution is -0.0251. The molecule has 0 aromatic heterocycles. The maximum Gasteiger partial charge on any atom is 0.410 e. The van der Waals surface area contributed by atoms with E-state index in [-0.39, 0.29) is 25.2 Å². The highest BCUT2D eigenvalue weighted by Gasteiger charge is 2.42. The second kappa shape index (κ2) is 12.3. The van der Waals surface area contributed by atoms with E-state index in [2.05, 4.69) is 10.0 Å². The number of amides is 1. The van der Waals surface area contributed by atoms with E-state index in [4.69, 9.17) is 24.5 Å². The molecule has 4 rings (SSSR count). The highest BCUT2D eigenvalue weighted by molar-refractivity contribution is 5.69. The van der Waals surface area contributed by atoms with Crippen LogP contribution in [0, 0.1) is 0 Å². The van der Waals surface area contributed by atoms with Crippen LogP contribution in [0.1, 0.15) is 43.9 Å². The smallest absolute Gasteiger partial charge is 0.410 e. The lowest BCUT2D eigenvalue weighted by Gasteiger charge is -2.38. The molecule has 0 radical (unpaired) electrons. The number of hydrogen-bond donors (Lipinski definition) is 0. The number of benzene rings is 3. The van der Waals surface area contributed by atoms with Crippen molar-refractivity contribution >= 4 is 6.09 Å². The van der Waals surface area contributed by atoms with Gasteiger partial charge in [-0.1, -0.05) is 59.7 Å². The fraction of sp³-hybridized carbons (Fsp3) is 0.387. The minimum atomic E-state index is -1.03. The van der Waals surface area contributed by atoms with Crippen molar-refractivity contribution in [2.24, 2.45) is 5.11 Å². The number of methoxy groups -OCH3 is 2. The quantitative estimate of drug-likeness (QED) is 0.129. The van der Waals surface area contributed by atoms with Gasteiger partial charge in [0.2, 0.25) is 0 Å². The number of azide groups is 1. The zero-order chi connectivity index (χ0) is 28.8. The van der Waals surface area contributed by atoms with Crippen molar-refractivity contribution in [3.05, 3.63) is 106 Å². The lowest BCUT2D eigenvalue weighted by atomic mass is 9.80. The van der Waals surface area contributed by atoms with Crippen molar-refractivity contribution in [3.63, 3.8) is 0 Å². The van der Waals surface area contributed by atoms with Gasteiger partial charge >= 0.3 is 6.09 Å². The summed E-state index contributed by atoms with van der Waals surface area (Å²) >= 11 is 0. The van der Waals surface area contributed by atoms with Gasteiger partial charge in [0.25, 0.3) is 0 Å². The maximum absolute atomic E-state index is 13.2. The van der Waals surface area contributed by atoms with E-state index in [0.29, 0.717) is 6.42 Å². The number of hydrogen-bond acceptors (Lipinski definition) is 6. The summed E-state index contributed by atoms with van der Waals surface area (Å²) in [7, 11) is 3.26. The molecule has 3 aromatic carbocycles. The molecule has 0 aliphatic carbocycles. The molecule has 40 heavy (non-hydrogen) atoms. The molecule has 0 N–H and O–H groups in total. The molecule has 1 aliphatic heterocycles. The molecule has 1 saturated heterocycles.